The lowest BCUT2D eigenvalue weighted by Gasteiger charge is -2.22. The van der Waals surface area contributed by atoms with Gasteiger partial charge in [-0.2, -0.15) is 0 Å². The van der Waals surface area contributed by atoms with Crippen LogP contribution in [0.15, 0.2) is 47.1 Å². The van der Waals surface area contributed by atoms with Crippen LogP contribution in [0, 0.1) is 0 Å². The summed E-state index contributed by atoms with van der Waals surface area (Å²) in [6.45, 7) is 4.19. The van der Waals surface area contributed by atoms with Gasteiger partial charge >= 0.3 is 0 Å². The molecule has 0 saturated carbocycles. The largest absolute Gasteiger partial charge is 0.459 e. The van der Waals surface area contributed by atoms with Crippen LogP contribution in [-0.2, 0) is 4.79 Å². The third-order valence-corrected chi connectivity index (χ3v) is 4.55. The molecule has 1 N–H and O–H groups in total. The van der Waals surface area contributed by atoms with E-state index in [-0.39, 0.29) is 23.5 Å². The maximum absolute atomic E-state index is 12.9. The van der Waals surface area contributed by atoms with Crippen LogP contribution in [0.5, 0.6) is 0 Å². The van der Waals surface area contributed by atoms with E-state index in [1.54, 1.807) is 41.3 Å². The number of anilines is 1. The second-order valence-electron chi connectivity index (χ2n) is 6.39. The Kier molecular flexibility index (Phi) is 5.90. The number of furan rings is 1. The average molecular weight is 369 g/mol. The van der Waals surface area contributed by atoms with Crippen molar-refractivity contribution in [2.45, 2.75) is 19.8 Å². The highest BCUT2D eigenvalue weighted by Crippen LogP contribution is 2.16. The van der Waals surface area contributed by atoms with Crippen molar-refractivity contribution >= 4 is 23.4 Å². The second-order valence-corrected chi connectivity index (χ2v) is 6.39. The average Bonchev–Trinajstić information content (AvgIpc) is 3.12. The molecule has 3 rings (SSSR count). The Hall–Kier alpha value is -3.09. The number of rotatable bonds is 4. The lowest BCUT2D eigenvalue weighted by molar-refractivity contribution is -0.130. The minimum atomic E-state index is -0.368. The Labute approximate surface area is 157 Å². The molecule has 0 aliphatic carbocycles. The topological polar surface area (TPSA) is 82.9 Å². The summed E-state index contributed by atoms with van der Waals surface area (Å²) in [5, 5.41) is 2.73. The van der Waals surface area contributed by atoms with Gasteiger partial charge in [0.15, 0.2) is 5.76 Å². The number of amides is 3. The molecule has 2 heterocycles. The molecular weight excluding hydrogens is 346 g/mol. The Morgan fingerprint density at radius 1 is 1.04 bits per heavy atom. The van der Waals surface area contributed by atoms with Crippen molar-refractivity contribution in [3.8, 4) is 0 Å². The standard InChI is InChI=1S/C20H23N3O4/c1-2-18(24)22-9-5-10-23(12-11-22)20(26)15-6-3-7-16(14-15)21-19(25)17-8-4-13-27-17/h3-4,6-8,13-14H,2,5,9-12H2,1H3,(H,21,25). The van der Waals surface area contributed by atoms with Crippen molar-refractivity contribution in [1.29, 1.82) is 0 Å². The maximum Gasteiger partial charge on any atom is 0.291 e. The fourth-order valence-corrected chi connectivity index (χ4v) is 3.11. The van der Waals surface area contributed by atoms with E-state index in [1.165, 1.54) is 6.26 Å². The molecule has 0 bridgehead atoms. The molecule has 0 radical (unpaired) electrons. The number of hydrogen-bond donors (Lipinski definition) is 1. The van der Waals surface area contributed by atoms with Crippen molar-refractivity contribution in [3.05, 3.63) is 54.0 Å². The van der Waals surface area contributed by atoms with Crippen LogP contribution in [0.2, 0.25) is 0 Å². The zero-order valence-corrected chi connectivity index (χ0v) is 15.3. The molecule has 3 amide bonds. The molecule has 1 aromatic heterocycles. The van der Waals surface area contributed by atoms with E-state index in [9.17, 15) is 14.4 Å². The normalized spacial score (nSPS) is 14.6. The van der Waals surface area contributed by atoms with Crippen LogP contribution in [0.1, 0.15) is 40.7 Å². The Morgan fingerprint density at radius 3 is 2.56 bits per heavy atom. The van der Waals surface area contributed by atoms with E-state index >= 15 is 0 Å². The van der Waals surface area contributed by atoms with Crippen LogP contribution in [0.3, 0.4) is 0 Å². The van der Waals surface area contributed by atoms with E-state index < -0.39 is 0 Å². The Balaban J connectivity index is 1.66. The molecule has 27 heavy (non-hydrogen) atoms. The highest BCUT2D eigenvalue weighted by Gasteiger charge is 2.22. The molecule has 0 spiro atoms. The molecule has 0 atom stereocenters. The summed E-state index contributed by atoms with van der Waals surface area (Å²) in [7, 11) is 0. The van der Waals surface area contributed by atoms with Gasteiger partial charge in [-0.05, 0) is 36.8 Å². The first-order valence-corrected chi connectivity index (χ1v) is 9.10. The zero-order chi connectivity index (χ0) is 19.2. The molecule has 0 unspecified atom stereocenters. The number of benzene rings is 1. The van der Waals surface area contributed by atoms with Crippen LogP contribution >= 0.6 is 0 Å². The fraction of sp³-hybridized carbons (Fsp3) is 0.350. The molecule has 1 saturated heterocycles. The van der Waals surface area contributed by atoms with Gasteiger partial charge in [0.1, 0.15) is 0 Å². The first-order chi connectivity index (χ1) is 13.1. The maximum atomic E-state index is 12.9. The van der Waals surface area contributed by atoms with Gasteiger partial charge in [0.05, 0.1) is 6.26 Å². The Morgan fingerprint density at radius 2 is 1.81 bits per heavy atom. The number of carbonyl (C=O) groups is 3. The molecule has 7 nitrogen and oxygen atoms in total. The fourth-order valence-electron chi connectivity index (χ4n) is 3.11. The van der Waals surface area contributed by atoms with Crippen molar-refractivity contribution in [2.24, 2.45) is 0 Å². The third kappa shape index (κ3) is 4.55. The van der Waals surface area contributed by atoms with E-state index in [0.717, 1.165) is 6.42 Å². The van der Waals surface area contributed by atoms with E-state index in [0.29, 0.717) is 43.9 Å². The molecular formula is C20H23N3O4. The van der Waals surface area contributed by atoms with Crippen molar-refractivity contribution in [2.75, 3.05) is 31.5 Å². The zero-order valence-electron chi connectivity index (χ0n) is 15.3. The first-order valence-electron chi connectivity index (χ1n) is 9.10. The number of carbonyl (C=O) groups excluding carboxylic acids is 3. The number of nitrogens with zero attached hydrogens (tertiary/aromatic N) is 2. The molecule has 2 aromatic rings. The predicted molar refractivity (Wildman–Crippen MR) is 100 cm³/mol. The molecule has 1 aromatic carbocycles. The Bertz CT molecular complexity index is 816. The molecule has 1 aliphatic heterocycles. The van der Waals surface area contributed by atoms with Crippen molar-refractivity contribution in [3.63, 3.8) is 0 Å². The summed E-state index contributed by atoms with van der Waals surface area (Å²) in [4.78, 5) is 40.4. The van der Waals surface area contributed by atoms with Gasteiger partial charge in [0, 0.05) is 43.9 Å². The summed E-state index contributed by atoms with van der Waals surface area (Å²) in [5.74, 6) is -0.144. The minimum Gasteiger partial charge on any atom is -0.459 e. The summed E-state index contributed by atoms with van der Waals surface area (Å²) in [5.41, 5.74) is 1.03. The van der Waals surface area contributed by atoms with Crippen LogP contribution in [-0.4, -0.2) is 53.7 Å². The highest BCUT2D eigenvalue weighted by atomic mass is 16.3. The quantitative estimate of drug-likeness (QED) is 0.898. The van der Waals surface area contributed by atoms with E-state index in [4.69, 9.17) is 4.42 Å². The molecule has 1 aliphatic rings. The van der Waals surface area contributed by atoms with Gasteiger partial charge in [0.25, 0.3) is 11.8 Å². The van der Waals surface area contributed by atoms with Gasteiger partial charge in [-0.15, -0.1) is 0 Å². The molecule has 7 heteroatoms. The summed E-state index contributed by atoms with van der Waals surface area (Å²) in [6.07, 6.45) is 2.67. The van der Waals surface area contributed by atoms with Crippen molar-refractivity contribution < 1.29 is 18.8 Å². The predicted octanol–water partition coefficient (Wildman–Crippen LogP) is 2.62. The summed E-state index contributed by atoms with van der Waals surface area (Å²) >= 11 is 0. The van der Waals surface area contributed by atoms with E-state index in [1.807, 2.05) is 11.8 Å². The first kappa shape index (κ1) is 18.7. The smallest absolute Gasteiger partial charge is 0.291 e. The minimum absolute atomic E-state index is 0.102. The van der Waals surface area contributed by atoms with Crippen LogP contribution < -0.4 is 5.32 Å². The summed E-state index contributed by atoms with van der Waals surface area (Å²) < 4.78 is 5.07. The van der Waals surface area contributed by atoms with E-state index in [2.05, 4.69) is 5.32 Å². The van der Waals surface area contributed by atoms with Gasteiger partial charge in [-0.25, -0.2) is 0 Å². The van der Waals surface area contributed by atoms with Gasteiger partial charge in [0.2, 0.25) is 5.91 Å². The van der Waals surface area contributed by atoms with Gasteiger partial charge in [-0.1, -0.05) is 13.0 Å². The second kappa shape index (κ2) is 8.53. The molecule has 142 valence electrons. The van der Waals surface area contributed by atoms with Crippen LogP contribution in [0.4, 0.5) is 5.69 Å². The number of nitrogens with one attached hydrogen (secondary N) is 1. The van der Waals surface area contributed by atoms with Crippen molar-refractivity contribution in [1.82, 2.24) is 9.80 Å². The van der Waals surface area contributed by atoms with Gasteiger partial charge in [-0.3, -0.25) is 14.4 Å². The van der Waals surface area contributed by atoms with Gasteiger partial charge < -0.3 is 19.5 Å². The lowest BCUT2D eigenvalue weighted by Crippen LogP contribution is -2.37. The SMILES string of the molecule is CCC(=O)N1CCCN(C(=O)c2cccc(NC(=O)c3ccco3)c2)CC1. The van der Waals surface area contributed by atoms with Crippen LogP contribution in [0.25, 0.3) is 0 Å². The highest BCUT2D eigenvalue weighted by molar-refractivity contribution is 6.03. The molecule has 1 fully saturated rings. The number of hydrogen-bond acceptors (Lipinski definition) is 4. The summed E-state index contributed by atoms with van der Waals surface area (Å²) in [6, 6.07) is 10.1. The third-order valence-electron chi connectivity index (χ3n) is 4.55. The monoisotopic (exact) mass is 369 g/mol. The lowest BCUT2D eigenvalue weighted by atomic mass is 10.1.